The molecule has 7 aromatic carbocycles. The number of esters is 6. The van der Waals surface area contributed by atoms with Gasteiger partial charge in [0.25, 0.3) is 0 Å². The van der Waals surface area contributed by atoms with Gasteiger partial charge in [-0.15, -0.1) is 0 Å². The van der Waals surface area contributed by atoms with E-state index >= 15 is 0 Å². The molecule has 0 atom stereocenters. The van der Waals surface area contributed by atoms with Crippen LogP contribution in [0.1, 0.15) is 103 Å². The molecule has 19 heteroatoms. The maximum Gasteiger partial charge on any atom is 0.343 e. The first-order valence-electron chi connectivity index (χ1n) is 30.9. The van der Waals surface area contributed by atoms with Crippen LogP contribution in [0.3, 0.4) is 0 Å². The highest BCUT2D eigenvalue weighted by Crippen LogP contribution is 2.39. The number of hydrogen-bond acceptors (Lipinski definition) is 19. The van der Waals surface area contributed by atoms with Gasteiger partial charge in [-0.3, -0.25) is 4.79 Å². The molecule has 1 fully saturated rings. The predicted octanol–water partition coefficient (Wildman–Crippen LogP) is 13.7. The van der Waals surface area contributed by atoms with E-state index in [1.165, 1.54) is 0 Å². The van der Waals surface area contributed by atoms with Gasteiger partial charge < -0.3 is 52.1 Å². The zero-order chi connectivity index (χ0) is 64.4. The molecule has 0 bridgehead atoms. The number of ether oxygens (including phenoxy) is 11. The molecule has 478 valence electrons. The Hall–Kier alpha value is -9.98. The minimum absolute atomic E-state index is 0.0326. The van der Waals surface area contributed by atoms with Crippen LogP contribution in [0.2, 0.25) is 0 Å². The fraction of sp³-hybridized carbons (Fsp3) is 0.315. The van der Waals surface area contributed by atoms with Crippen molar-refractivity contribution < 1.29 is 80.9 Å². The first kappa shape index (κ1) is 66.4. The minimum Gasteiger partial charge on any atom is -0.494 e. The van der Waals surface area contributed by atoms with Crippen LogP contribution in [0.4, 0.5) is 0 Å². The molecule has 1 aliphatic rings. The summed E-state index contributed by atoms with van der Waals surface area (Å²) in [7, 11) is 0. The van der Waals surface area contributed by atoms with Crippen LogP contribution in [0.25, 0.3) is 43.6 Å². The number of fused-ring (bicyclic) bond motifs is 7. The van der Waals surface area contributed by atoms with Crippen molar-refractivity contribution in [2.45, 2.75) is 89.8 Å². The van der Waals surface area contributed by atoms with Gasteiger partial charge in [-0.2, -0.15) is 0 Å². The van der Waals surface area contributed by atoms with Gasteiger partial charge in [0.15, 0.2) is 0 Å². The van der Waals surface area contributed by atoms with Crippen molar-refractivity contribution in [3.8, 4) is 34.5 Å². The number of nitrogens with zero attached hydrogens (tertiary/aromatic N) is 2. The van der Waals surface area contributed by atoms with Crippen LogP contribution in [0.15, 0.2) is 165 Å². The van der Waals surface area contributed by atoms with Gasteiger partial charge in [-0.25, -0.2) is 33.9 Å². The summed E-state index contributed by atoms with van der Waals surface area (Å²) in [6, 6.07) is 36.9. The van der Waals surface area contributed by atoms with Gasteiger partial charge in [0.2, 0.25) is 0 Å². The SMILES string of the molecule is C=CC(=O)OCCCCCCOc1ccc(OC(=O)C2CCC(OCc3ccc(C(=O)Oc4ccc5c6ccc(OC(=O)c7ccc(OCCCCCCOC(=O)C=C)cc7)cc6c6nc7cc(OCCOCCOC(=O)C=C)ccc7nc6c5c4)cc3)CC2)cc1. The molecule has 8 aromatic rings. The van der Waals surface area contributed by atoms with Crippen molar-refractivity contribution in [3.05, 3.63) is 182 Å². The lowest BCUT2D eigenvalue weighted by Crippen LogP contribution is -2.28. The molecule has 92 heavy (non-hydrogen) atoms. The van der Waals surface area contributed by atoms with E-state index in [1.54, 1.807) is 103 Å². The number of rotatable bonds is 35. The molecule has 1 aromatic heterocycles. The second-order valence-electron chi connectivity index (χ2n) is 21.8. The summed E-state index contributed by atoms with van der Waals surface area (Å²) < 4.78 is 62.3. The zero-order valence-corrected chi connectivity index (χ0v) is 51.3. The Morgan fingerprint density at radius 2 is 0.848 bits per heavy atom. The Kier molecular flexibility index (Phi) is 24.8. The second kappa shape index (κ2) is 34.3. The number of benzene rings is 7. The van der Waals surface area contributed by atoms with Crippen LogP contribution in [0.5, 0.6) is 34.5 Å². The Morgan fingerprint density at radius 3 is 1.39 bits per heavy atom. The molecule has 1 aliphatic carbocycles. The van der Waals surface area contributed by atoms with E-state index in [-0.39, 0.29) is 55.9 Å². The van der Waals surface area contributed by atoms with E-state index in [1.807, 2.05) is 24.3 Å². The molecular weight excluding hydrogens is 1180 g/mol. The third kappa shape index (κ3) is 19.5. The highest BCUT2D eigenvalue weighted by Gasteiger charge is 2.29. The number of hydrogen-bond donors (Lipinski definition) is 0. The van der Waals surface area contributed by atoms with E-state index in [0.717, 1.165) is 85.9 Å². The third-order valence-corrected chi connectivity index (χ3v) is 15.2. The first-order valence-corrected chi connectivity index (χ1v) is 30.9. The van der Waals surface area contributed by atoms with E-state index in [2.05, 4.69) is 19.7 Å². The van der Waals surface area contributed by atoms with Crippen molar-refractivity contribution in [3.63, 3.8) is 0 Å². The molecule has 0 aliphatic heterocycles. The zero-order valence-electron chi connectivity index (χ0n) is 51.3. The molecule has 0 spiro atoms. The molecule has 0 N–H and O–H groups in total. The third-order valence-electron chi connectivity index (χ3n) is 15.2. The summed E-state index contributed by atoms with van der Waals surface area (Å²) in [4.78, 5) is 84.5. The Morgan fingerprint density at radius 1 is 0.402 bits per heavy atom. The molecule has 0 amide bonds. The van der Waals surface area contributed by atoms with Gasteiger partial charge in [-0.1, -0.05) is 31.9 Å². The molecule has 0 radical (unpaired) electrons. The topological polar surface area (TPSA) is 230 Å². The molecule has 19 nitrogen and oxygen atoms in total. The van der Waals surface area contributed by atoms with Crippen LogP contribution < -0.4 is 28.4 Å². The molecule has 0 unspecified atom stereocenters. The largest absolute Gasteiger partial charge is 0.494 e. The number of aromatic nitrogens is 2. The second-order valence-corrected chi connectivity index (χ2v) is 21.8. The van der Waals surface area contributed by atoms with Crippen molar-refractivity contribution >= 4 is 79.4 Å². The molecule has 0 saturated heterocycles. The van der Waals surface area contributed by atoms with Crippen LogP contribution in [-0.4, -0.2) is 105 Å². The van der Waals surface area contributed by atoms with E-state index in [9.17, 15) is 28.8 Å². The maximum absolute atomic E-state index is 13.8. The lowest BCUT2D eigenvalue weighted by molar-refractivity contribution is -0.141. The maximum atomic E-state index is 13.8. The van der Waals surface area contributed by atoms with Crippen molar-refractivity contribution in [2.75, 3.05) is 52.9 Å². The average molecular weight is 1250 g/mol. The van der Waals surface area contributed by atoms with Crippen molar-refractivity contribution in [1.82, 2.24) is 9.97 Å². The van der Waals surface area contributed by atoms with Crippen LogP contribution in [-0.2, 0) is 49.5 Å². The Bertz CT molecular complexity index is 3880. The van der Waals surface area contributed by atoms with Gasteiger partial charge in [0.05, 0.1) is 91.5 Å². The van der Waals surface area contributed by atoms with E-state index < -0.39 is 29.8 Å². The first-order chi connectivity index (χ1) is 44.9. The van der Waals surface area contributed by atoms with E-state index in [4.69, 9.17) is 62.1 Å². The summed E-state index contributed by atoms with van der Waals surface area (Å²) in [6.07, 6.45) is 12.9. The fourth-order valence-electron chi connectivity index (χ4n) is 10.3. The summed E-state index contributed by atoms with van der Waals surface area (Å²) in [5.41, 5.74) is 3.65. The number of carbonyl (C=O) groups excluding carboxylic acids is 6. The minimum atomic E-state index is -0.570. The fourth-order valence-corrected chi connectivity index (χ4v) is 10.3. The molecule has 9 rings (SSSR count). The summed E-state index contributed by atoms with van der Waals surface area (Å²) in [6.45, 7) is 13.0. The molecule has 1 heterocycles. The van der Waals surface area contributed by atoms with Crippen LogP contribution in [0, 0.1) is 5.92 Å². The molecule has 1 saturated carbocycles. The molecular formula is C73H74N2O17. The standard InChI is InChI=1S/C73H74N2O17/c1-4-66(76)86-39-13-9-7-11-37-83-53-23-19-52(20-24-53)73(81)92-59-32-35-61-60-34-31-58(45-62(60)69-70(63(61)46-59)75-65-47-57(33-36-64(65)74-69)85-43-41-82-42-44-88-68(78)6-3)91-72(80)50-17-15-49(16-18-50)48-89-55-25-21-51(22-26-55)71(79)90-56-29-27-54(28-30-56)84-38-12-8-10-14-40-87-67(77)5-2/h4-6,15-20,23-24,27-36,45-47,51,55H,1-3,7-14,21-22,25-26,37-44,48H2. The Balaban J connectivity index is 0.801. The van der Waals surface area contributed by atoms with Crippen LogP contribution >= 0.6 is 0 Å². The number of unbranched alkanes of at least 4 members (excludes halogenated alkanes) is 6. The van der Waals surface area contributed by atoms with Crippen molar-refractivity contribution in [1.29, 1.82) is 0 Å². The monoisotopic (exact) mass is 1250 g/mol. The summed E-state index contributed by atoms with van der Waals surface area (Å²) >= 11 is 0. The smallest absolute Gasteiger partial charge is 0.343 e. The quantitative estimate of drug-likeness (QED) is 0.00683. The van der Waals surface area contributed by atoms with E-state index in [0.29, 0.717) is 126 Å². The lowest BCUT2D eigenvalue weighted by Gasteiger charge is -2.27. The van der Waals surface area contributed by atoms with Gasteiger partial charge >= 0.3 is 35.8 Å². The summed E-state index contributed by atoms with van der Waals surface area (Å²) in [5, 5.41) is 2.89. The van der Waals surface area contributed by atoms with Crippen molar-refractivity contribution in [2.24, 2.45) is 5.92 Å². The van der Waals surface area contributed by atoms with Gasteiger partial charge in [-0.05, 0) is 203 Å². The lowest BCUT2D eigenvalue weighted by atomic mass is 9.87. The highest BCUT2D eigenvalue weighted by molar-refractivity contribution is 6.24. The van der Waals surface area contributed by atoms with Gasteiger partial charge in [0.1, 0.15) is 47.7 Å². The number of carbonyl (C=O) groups is 6. The summed E-state index contributed by atoms with van der Waals surface area (Å²) in [5.74, 6) is -0.129. The Labute approximate surface area is 533 Å². The normalized spacial score (nSPS) is 13.6. The average Bonchev–Trinajstić information content (AvgIpc) is 0.734. The van der Waals surface area contributed by atoms with Gasteiger partial charge in [0, 0.05) is 35.1 Å². The highest BCUT2D eigenvalue weighted by atomic mass is 16.6. The predicted molar refractivity (Wildman–Crippen MR) is 345 cm³/mol.